The number of methoxy groups -OCH3 is 1. The van der Waals surface area contributed by atoms with E-state index in [0.29, 0.717) is 18.1 Å². The van der Waals surface area contributed by atoms with Crippen LogP contribution in [0.5, 0.6) is 11.5 Å². The summed E-state index contributed by atoms with van der Waals surface area (Å²) in [4.78, 5) is 31.9. The van der Waals surface area contributed by atoms with Gasteiger partial charge >= 0.3 is 0 Å². The molecule has 6 heteroatoms. The average Bonchev–Trinajstić information content (AvgIpc) is 2.90. The Hall–Kier alpha value is -3.02. The van der Waals surface area contributed by atoms with Gasteiger partial charge in [0.05, 0.1) is 19.8 Å². The number of ether oxygens (including phenoxy) is 2. The van der Waals surface area contributed by atoms with E-state index in [0.717, 1.165) is 50.5 Å². The maximum absolute atomic E-state index is 14.2. The fourth-order valence-corrected chi connectivity index (χ4v) is 6.23. The highest BCUT2D eigenvalue weighted by Crippen LogP contribution is 2.43. The van der Waals surface area contributed by atoms with Crippen molar-refractivity contribution in [3.8, 4) is 11.5 Å². The normalized spacial score (nSPS) is 23.3. The van der Waals surface area contributed by atoms with Crippen molar-refractivity contribution in [1.29, 1.82) is 0 Å². The molecule has 0 N–H and O–H groups in total. The van der Waals surface area contributed by atoms with Gasteiger partial charge in [-0.25, -0.2) is 0 Å². The highest BCUT2D eigenvalue weighted by molar-refractivity contribution is 5.96. The predicted molar refractivity (Wildman–Crippen MR) is 134 cm³/mol. The number of hydrogen-bond donors (Lipinski definition) is 0. The largest absolute Gasteiger partial charge is 0.493 e. The smallest absolute Gasteiger partial charge is 0.250 e. The summed E-state index contributed by atoms with van der Waals surface area (Å²) in [7, 11) is 1.61. The summed E-state index contributed by atoms with van der Waals surface area (Å²) in [5, 5.41) is 0. The summed E-state index contributed by atoms with van der Waals surface area (Å²) >= 11 is 0. The molecule has 3 aliphatic rings. The molecule has 2 aromatic rings. The molecule has 6 nitrogen and oxygen atoms in total. The van der Waals surface area contributed by atoms with Gasteiger partial charge in [0.15, 0.2) is 11.5 Å². The summed E-state index contributed by atoms with van der Waals surface area (Å²) in [5.74, 6) is 1.30. The molecule has 1 heterocycles. The van der Waals surface area contributed by atoms with Gasteiger partial charge in [-0.1, -0.05) is 49.6 Å². The number of hydrogen-bond acceptors (Lipinski definition) is 4. The highest BCUT2D eigenvalue weighted by atomic mass is 16.5. The SMILES string of the molecule is CCOc1ccc([C@@H]2C(=O)N(C3CCCCC3)CC(=O)N2[C@@H]2CCCc3ccccc32)cc1OC. The van der Waals surface area contributed by atoms with Gasteiger partial charge in [-0.05, 0) is 67.9 Å². The number of carbonyl (C=O) groups excluding carboxylic acids is 2. The number of amides is 2. The minimum Gasteiger partial charge on any atom is -0.493 e. The molecule has 2 aliphatic carbocycles. The van der Waals surface area contributed by atoms with E-state index in [2.05, 4.69) is 18.2 Å². The first kappa shape index (κ1) is 23.7. The molecular formula is C29H36N2O4. The molecule has 0 unspecified atom stereocenters. The minimum atomic E-state index is -0.668. The van der Waals surface area contributed by atoms with Crippen LogP contribution in [-0.4, -0.2) is 47.9 Å². The van der Waals surface area contributed by atoms with Crippen LogP contribution in [0.4, 0.5) is 0 Å². The second-order valence-corrected chi connectivity index (χ2v) is 9.91. The van der Waals surface area contributed by atoms with Gasteiger partial charge in [0.2, 0.25) is 5.91 Å². The van der Waals surface area contributed by atoms with E-state index in [-0.39, 0.29) is 30.4 Å². The van der Waals surface area contributed by atoms with Gasteiger partial charge in [0, 0.05) is 6.04 Å². The topological polar surface area (TPSA) is 59.1 Å². The maximum atomic E-state index is 14.2. The van der Waals surface area contributed by atoms with Crippen LogP contribution in [0.2, 0.25) is 0 Å². The van der Waals surface area contributed by atoms with Crippen LogP contribution in [-0.2, 0) is 16.0 Å². The highest BCUT2D eigenvalue weighted by Gasteiger charge is 2.46. The zero-order valence-electron chi connectivity index (χ0n) is 20.9. The lowest BCUT2D eigenvalue weighted by molar-refractivity contribution is -0.162. The first-order chi connectivity index (χ1) is 17.1. The Morgan fingerprint density at radius 3 is 2.51 bits per heavy atom. The van der Waals surface area contributed by atoms with Crippen molar-refractivity contribution in [2.45, 2.75) is 76.4 Å². The summed E-state index contributed by atoms with van der Waals surface area (Å²) in [6, 6.07) is 13.4. The van der Waals surface area contributed by atoms with Crippen molar-refractivity contribution in [1.82, 2.24) is 9.80 Å². The zero-order valence-corrected chi connectivity index (χ0v) is 20.9. The Balaban J connectivity index is 1.58. The molecule has 0 spiro atoms. The Kier molecular flexibility index (Phi) is 6.98. The lowest BCUT2D eigenvalue weighted by atomic mass is 9.84. The second kappa shape index (κ2) is 10.3. The lowest BCUT2D eigenvalue weighted by Crippen LogP contribution is -2.59. The third-order valence-corrected chi connectivity index (χ3v) is 7.88. The van der Waals surface area contributed by atoms with E-state index in [9.17, 15) is 9.59 Å². The van der Waals surface area contributed by atoms with Crippen molar-refractivity contribution in [3.05, 3.63) is 59.2 Å². The van der Waals surface area contributed by atoms with Crippen molar-refractivity contribution in [3.63, 3.8) is 0 Å². The van der Waals surface area contributed by atoms with Gasteiger partial charge in [-0.3, -0.25) is 9.59 Å². The molecule has 2 atom stereocenters. The monoisotopic (exact) mass is 476 g/mol. The van der Waals surface area contributed by atoms with Crippen LogP contribution < -0.4 is 9.47 Å². The fraction of sp³-hybridized carbons (Fsp3) is 0.517. The first-order valence-corrected chi connectivity index (χ1v) is 13.1. The molecule has 2 fully saturated rings. The molecule has 1 aliphatic heterocycles. The van der Waals surface area contributed by atoms with Gasteiger partial charge in [0.25, 0.3) is 5.91 Å². The van der Waals surface area contributed by atoms with Crippen LogP contribution in [0.1, 0.15) is 80.6 Å². The van der Waals surface area contributed by atoms with E-state index >= 15 is 0 Å². The van der Waals surface area contributed by atoms with Gasteiger partial charge in [-0.15, -0.1) is 0 Å². The zero-order chi connectivity index (χ0) is 24.4. The Bertz CT molecular complexity index is 1080. The standard InChI is InChI=1S/C29H36N2O4/c1-3-35-25-17-16-21(18-26(25)34-2)28-29(33)30(22-12-5-4-6-13-22)19-27(32)31(28)24-15-9-11-20-10-7-8-14-23(20)24/h7-8,10,14,16-18,22,24,28H,3-6,9,11-13,15,19H2,1-2H3/t24-,28-/m1/s1. The second-order valence-electron chi connectivity index (χ2n) is 9.91. The van der Waals surface area contributed by atoms with E-state index < -0.39 is 6.04 Å². The molecule has 1 saturated heterocycles. The quantitative estimate of drug-likeness (QED) is 0.574. The summed E-state index contributed by atoms with van der Waals surface area (Å²) in [6.45, 7) is 2.63. The number of benzene rings is 2. The van der Waals surface area contributed by atoms with Gasteiger partial charge in [0.1, 0.15) is 12.6 Å². The number of carbonyl (C=O) groups is 2. The third kappa shape index (κ3) is 4.51. The Morgan fingerprint density at radius 2 is 1.74 bits per heavy atom. The van der Waals surface area contributed by atoms with E-state index in [1.54, 1.807) is 7.11 Å². The Morgan fingerprint density at radius 1 is 0.943 bits per heavy atom. The summed E-state index contributed by atoms with van der Waals surface area (Å²) in [5.41, 5.74) is 3.24. The van der Waals surface area contributed by atoms with E-state index in [1.165, 1.54) is 17.5 Å². The molecule has 0 aromatic heterocycles. The first-order valence-electron chi connectivity index (χ1n) is 13.1. The van der Waals surface area contributed by atoms with Crippen LogP contribution >= 0.6 is 0 Å². The van der Waals surface area contributed by atoms with Crippen LogP contribution in [0.3, 0.4) is 0 Å². The Labute approximate surface area is 208 Å². The predicted octanol–water partition coefficient (Wildman–Crippen LogP) is 5.22. The van der Waals surface area contributed by atoms with Crippen molar-refractivity contribution in [2.24, 2.45) is 0 Å². The lowest BCUT2D eigenvalue weighted by Gasteiger charge is -2.48. The number of rotatable bonds is 6. The molecule has 186 valence electrons. The number of nitrogens with zero attached hydrogens (tertiary/aromatic N) is 2. The number of piperazine rings is 1. The van der Waals surface area contributed by atoms with Crippen LogP contribution in [0.15, 0.2) is 42.5 Å². The van der Waals surface area contributed by atoms with Crippen molar-refractivity contribution >= 4 is 11.8 Å². The number of aryl methyl sites for hydroxylation is 1. The fourth-order valence-electron chi connectivity index (χ4n) is 6.23. The number of fused-ring (bicyclic) bond motifs is 1. The van der Waals surface area contributed by atoms with Gasteiger partial charge < -0.3 is 19.3 Å². The van der Waals surface area contributed by atoms with Crippen molar-refractivity contribution < 1.29 is 19.1 Å². The molecule has 5 rings (SSSR count). The molecular weight excluding hydrogens is 440 g/mol. The van der Waals surface area contributed by atoms with Crippen molar-refractivity contribution in [2.75, 3.05) is 20.3 Å². The molecule has 35 heavy (non-hydrogen) atoms. The molecule has 1 saturated carbocycles. The van der Waals surface area contributed by atoms with E-state index in [1.807, 2.05) is 41.0 Å². The van der Waals surface area contributed by atoms with Crippen LogP contribution in [0, 0.1) is 0 Å². The van der Waals surface area contributed by atoms with Crippen LogP contribution in [0.25, 0.3) is 0 Å². The maximum Gasteiger partial charge on any atom is 0.250 e. The summed E-state index contributed by atoms with van der Waals surface area (Å²) in [6.07, 6.45) is 8.27. The van der Waals surface area contributed by atoms with Gasteiger partial charge in [-0.2, -0.15) is 0 Å². The molecule has 0 radical (unpaired) electrons. The molecule has 2 amide bonds. The molecule has 2 aromatic carbocycles. The minimum absolute atomic E-state index is 0.0331. The molecule has 0 bridgehead atoms. The average molecular weight is 477 g/mol. The van der Waals surface area contributed by atoms with E-state index in [4.69, 9.17) is 9.47 Å². The summed E-state index contributed by atoms with van der Waals surface area (Å²) < 4.78 is 11.3. The third-order valence-electron chi connectivity index (χ3n) is 7.88.